The number of hydrogen-bond donors (Lipinski definition) is 0. The molecule has 11 heteroatoms. The van der Waals surface area contributed by atoms with Crippen LogP contribution in [-0.2, 0) is 16.1 Å². The van der Waals surface area contributed by atoms with Crippen LogP contribution < -0.4 is 4.74 Å². The molecule has 0 aliphatic heterocycles. The van der Waals surface area contributed by atoms with Crippen LogP contribution in [0.1, 0.15) is 33.2 Å². The molecule has 0 aliphatic rings. The van der Waals surface area contributed by atoms with E-state index in [1.807, 2.05) is 45.2 Å². The molecule has 0 N–H and O–H groups in total. The first-order chi connectivity index (χ1) is 13.9. The van der Waals surface area contributed by atoms with Gasteiger partial charge in [0.2, 0.25) is 0 Å². The Hall–Kier alpha value is -1.77. The van der Waals surface area contributed by atoms with Crippen molar-refractivity contribution >= 4 is 63.4 Å². The average Bonchev–Trinajstić information content (AvgIpc) is 2.67. The minimum atomic E-state index is -4.95. The molecular weight excluding hydrogens is 638 g/mol. The summed E-state index contributed by atoms with van der Waals surface area (Å²) in [6, 6.07) is 8.31. The number of aldehydes is 1. The van der Waals surface area contributed by atoms with E-state index in [2.05, 4.69) is 4.74 Å². The lowest BCUT2D eigenvalue weighted by Gasteiger charge is -2.21. The van der Waals surface area contributed by atoms with E-state index in [-0.39, 0.29) is 23.8 Å². The van der Waals surface area contributed by atoms with Crippen LogP contribution in [0.2, 0.25) is 0 Å². The number of halogens is 6. The number of rotatable bonds is 7. The Labute approximate surface area is 195 Å². The predicted molar refractivity (Wildman–Crippen MR) is 114 cm³/mol. The van der Waals surface area contributed by atoms with Crippen molar-refractivity contribution in [2.75, 3.05) is 0 Å². The molecule has 0 spiro atoms. The molecule has 0 saturated carbocycles. The van der Waals surface area contributed by atoms with Crippen molar-refractivity contribution in [3.05, 3.63) is 60.2 Å². The van der Waals surface area contributed by atoms with Gasteiger partial charge in [0.05, 0.1) is 12.7 Å². The summed E-state index contributed by atoms with van der Waals surface area (Å²) in [6.45, 7) is -0.758. The maximum Gasteiger partial charge on any atom is 0.404 e. The highest BCUT2D eigenvalue weighted by Gasteiger charge is 2.60. The minimum Gasteiger partial charge on any atom is -0.456 e. The van der Waals surface area contributed by atoms with Gasteiger partial charge in [-0.1, -0.05) is 12.1 Å². The lowest BCUT2D eigenvalue weighted by atomic mass is 10.1. The van der Waals surface area contributed by atoms with E-state index in [1.54, 1.807) is 12.1 Å². The van der Waals surface area contributed by atoms with E-state index in [1.165, 1.54) is 24.3 Å². The number of esters is 2. The first kappa shape index (κ1) is 24.5. The smallest absolute Gasteiger partial charge is 0.404 e. The van der Waals surface area contributed by atoms with Crippen molar-refractivity contribution in [2.45, 2.75) is 25.4 Å². The molecule has 0 atom stereocenters. The van der Waals surface area contributed by atoms with E-state index < -0.39 is 30.4 Å². The summed E-state index contributed by atoms with van der Waals surface area (Å²) in [6.07, 6.45) is 0.666. The van der Waals surface area contributed by atoms with E-state index in [0.29, 0.717) is 19.0 Å². The fraction of sp³-hybridized carbons (Fsp3) is 0.211. The maximum atomic E-state index is 13.2. The lowest BCUT2D eigenvalue weighted by molar-refractivity contribution is -0.223. The second kappa shape index (κ2) is 9.58. The Balaban J connectivity index is 2.05. The topological polar surface area (TPSA) is 69.7 Å². The fourth-order valence-corrected chi connectivity index (χ4v) is 4.09. The third-order valence-corrected chi connectivity index (χ3v) is 5.32. The van der Waals surface area contributed by atoms with Gasteiger partial charge in [0.1, 0.15) is 12.9 Å². The van der Waals surface area contributed by atoms with Gasteiger partial charge < -0.3 is 9.47 Å². The molecule has 2 aromatic rings. The van der Waals surface area contributed by atoms with Crippen molar-refractivity contribution < 1.29 is 41.4 Å². The molecule has 0 saturated heterocycles. The molecule has 5 nitrogen and oxygen atoms in total. The van der Waals surface area contributed by atoms with Gasteiger partial charge in [-0.05, 0) is 75.0 Å². The average molecular weight is 650 g/mol. The Bertz CT molecular complexity index is 949. The maximum absolute atomic E-state index is 13.2. The first-order valence-electron chi connectivity index (χ1n) is 8.05. The van der Waals surface area contributed by atoms with Crippen LogP contribution in [0, 0.1) is 7.14 Å². The van der Waals surface area contributed by atoms with Gasteiger partial charge in [-0.25, -0.2) is 9.59 Å². The molecule has 2 aromatic carbocycles. The van der Waals surface area contributed by atoms with Crippen molar-refractivity contribution in [2.24, 2.45) is 0 Å². The molecule has 30 heavy (non-hydrogen) atoms. The first-order valence-corrected chi connectivity index (χ1v) is 10.2. The normalized spacial score (nSPS) is 11.7. The summed E-state index contributed by atoms with van der Waals surface area (Å²) in [5, 5.41) is 0. The summed E-state index contributed by atoms with van der Waals surface area (Å²) in [4.78, 5) is 34.4. The van der Waals surface area contributed by atoms with Crippen molar-refractivity contribution in [1.82, 2.24) is 0 Å². The highest BCUT2D eigenvalue weighted by atomic mass is 127. The second-order valence-electron chi connectivity index (χ2n) is 6.06. The summed E-state index contributed by atoms with van der Waals surface area (Å²) in [5.41, 5.74) is 0.741. The quantitative estimate of drug-likeness (QED) is 0.135. The Morgan fingerprint density at radius 1 is 1.03 bits per heavy atom. The molecule has 0 fully saturated rings. The van der Waals surface area contributed by atoms with Crippen molar-refractivity contribution in [3.8, 4) is 5.75 Å². The standard InChI is InChI=1S/C19H12F4I2O5/c1-18(20,21)19(22,23)17(28)29-9-10-2-4-12(5-3-10)16(27)30-15-13(24)6-11(8-26)7-14(15)25/h2-8H,9H2,1H3. The summed E-state index contributed by atoms with van der Waals surface area (Å²) in [7, 11) is 0. The van der Waals surface area contributed by atoms with Crippen molar-refractivity contribution in [1.29, 1.82) is 0 Å². The number of carbonyl (C=O) groups is 3. The summed E-state index contributed by atoms with van der Waals surface area (Å²) >= 11 is 3.84. The Morgan fingerprint density at radius 3 is 2.03 bits per heavy atom. The number of hydrogen-bond acceptors (Lipinski definition) is 5. The van der Waals surface area contributed by atoms with Gasteiger partial charge >= 0.3 is 23.8 Å². The third-order valence-electron chi connectivity index (χ3n) is 3.72. The number of alkyl halides is 4. The number of ether oxygens (including phenoxy) is 2. The van der Waals surface area contributed by atoms with E-state index >= 15 is 0 Å². The summed E-state index contributed by atoms with van der Waals surface area (Å²) < 4.78 is 62.7. The van der Waals surface area contributed by atoms with Gasteiger partial charge in [-0.15, -0.1) is 0 Å². The van der Waals surface area contributed by atoms with Gasteiger partial charge in [-0.3, -0.25) is 4.79 Å². The molecule has 0 radical (unpaired) electrons. The zero-order valence-corrected chi connectivity index (χ0v) is 19.4. The van der Waals surface area contributed by atoms with Gasteiger partial charge in [-0.2, -0.15) is 17.6 Å². The molecular formula is C19H12F4I2O5. The van der Waals surface area contributed by atoms with Crippen molar-refractivity contribution in [3.63, 3.8) is 0 Å². The molecule has 0 aliphatic carbocycles. The third kappa shape index (κ3) is 5.68. The van der Waals surface area contributed by atoms with E-state index in [9.17, 15) is 31.9 Å². The van der Waals surface area contributed by atoms with Crippen LogP contribution in [0.15, 0.2) is 36.4 Å². The highest BCUT2D eigenvalue weighted by molar-refractivity contribution is 14.1. The van der Waals surface area contributed by atoms with E-state index in [4.69, 9.17) is 4.74 Å². The van der Waals surface area contributed by atoms with Gasteiger partial charge in [0.25, 0.3) is 0 Å². The van der Waals surface area contributed by atoms with Crippen LogP contribution in [0.3, 0.4) is 0 Å². The van der Waals surface area contributed by atoms with E-state index in [0.717, 1.165) is 0 Å². The molecule has 0 aromatic heterocycles. The monoisotopic (exact) mass is 650 g/mol. The van der Waals surface area contributed by atoms with Gasteiger partial charge in [0.15, 0.2) is 5.75 Å². The zero-order chi connectivity index (χ0) is 22.7. The van der Waals surface area contributed by atoms with Crippen LogP contribution in [0.25, 0.3) is 0 Å². The number of carbonyl (C=O) groups excluding carboxylic acids is 3. The second-order valence-corrected chi connectivity index (χ2v) is 8.38. The van der Waals surface area contributed by atoms with Crippen LogP contribution in [-0.4, -0.2) is 30.1 Å². The Morgan fingerprint density at radius 2 is 1.57 bits per heavy atom. The van der Waals surface area contributed by atoms with Crippen LogP contribution >= 0.6 is 45.2 Å². The predicted octanol–water partition coefficient (Wildman–Crippen LogP) is 5.26. The van der Waals surface area contributed by atoms with Crippen LogP contribution in [0.5, 0.6) is 5.75 Å². The molecule has 160 valence electrons. The van der Waals surface area contributed by atoms with Crippen LogP contribution in [0.4, 0.5) is 17.6 Å². The minimum absolute atomic E-state index is 0.0798. The SMILES string of the molecule is CC(F)(F)C(F)(F)C(=O)OCc1ccc(C(=O)Oc2c(I)cc(C=O)cc2I)cc1. The highest BCUT2D eigenvalue weighted by Crippen LogP contribution is 2.35. The molecule has 0 bridgehead atoms. The lowest BCUT2D eigenvalue weighted by Crippen LogP contribution is -2.45. The fourth-order valence-electron chi connectivity index (χ4n) is 2.05. The van der Waals surface area contributed by atoms with Gasteiger partial charge in [0, 0.05) is 12.5 Å². The number of benzene rings is 2. The molecule has 2 rings (SSSR count). The zero-order valence-electron chi connectivity index (χ0n) is 15.1. The molecule has 0 amide bonds. The largest absolute Gasteiger partial charge is 0.456 e. The Kier molecular flexibility index (Phi) is 7.82. The summed E-state index contributed by atoms with van der Waals surface area (Å²) in [5.74, 6) is -12.3. The molecule has 0 unspecified atom stereocenters. The molecule has 0 heterocycles.